The predicted octanol–water partition coefficient (Wildman–Crippen LogP) is 3.60. The molecule has 0 aliphatic heterocycles. The Labute approximate surface area is 123 Å². The van der Waals surface area contributed by atoms with E-state index < -0.39 is 0 Å². The zero-order chi connectivity index (χ0) is 13.8. The number of nitrogens with one attached hydrogen (secondary N) is 1. The summed E-state index contributed by atoms with van der Waals surface area (Å²) in [6.45, 7) is 2.01. The third-order valence-electron chi connectivity index (χ3n) is 3.86. The molecule has 0 spiro atoms. The molecule has 3 nitrogen and oxygen atoms in total. The lowest BCUT2D eigenvalue weighted by molar-refractivity contribution is -0.120. The van der Waals surface area contributed by atoms with Gasteiger partial charge in [-0.2, -0.15) is 0 Å². The maximum Gasteiger partial charge on any atom is 0.229 e. The third-order valence-corrected chi connectivity index (χ3v) is 4.91. The predicted molar refractivity (Wildman–Crippen MR) is 82.1 cm³/mol. The van der Waals surface area contributed by atoms with Crippen molar-refractivity contribution in [3.63, 3.8) is 0 Å². The van der Waals surface area contributed by atoms with E-state index in [2.05, 4.69) is 21.2 Å². The average molecular weight is 325 g/mol. The van der Waals surface area contributed by atoms with Crippen LogP contribution in [-0.2, 0) is 4.79 Å². The molecule has 2 unspecified atom stereocenters. The smallest absolute Gasteiger partial charge is 0.229 e. The summed E-state index contributed by atoms with van der Waals surface area (Å²) in [6, 6.07) is 5.86. The molecule has 104 valence electrons. The molecule has 0 bridgehead atoms. The van der Waals surface area contributed by atoms with Gasteiger partial charge in [0.1, 0.15) is 0 Å². The number of rotatable bonds is 2. The minimum absolute atomic E-state index is 0.00825. The van der Waals surface area contributed by atoms with Crippen LogP contribution in [0.1, 0.15) is 37.7 Å². The largest absolute Gasteiger partial charge is 0.327 e. The Morgan fingerprint density at radius 2 is 2.05 bits per heavy atom. The quantitative estimate of drug-likeness (QED) is 0.816. The van der Waals surface area contributed by atoms with Gasteiger partial charge in [-0.25, -0.2) is 0 Å². The zero-order valence-electron chi connectivity index (χ0n) is 11.3. The second kappa shape index (κ2) is 6.53. The number of hydrogen-bond acceptors (Lipinski definition) is 2. The molecule has 1 aromatic carbocycles. The molecule has 1 aliphatic carbocycles. The average Bonchev–Trinajstić information content (AvgIpc) is 2.59. The van der Waals surface area contributed by atoms with Crippen LogP contribution in [0.5, 0.6) is 0 Å². The van der Waals surface area contributed by atoms with Crippen molar-refractivity contribution in [2.75, 3.05) is 5.32 Å². The highest BCUT2D eigenvalue weighted by molar-refractivity contribution is 9.10. The second-order valence-corrected chi connectivity index (χ2v) is 6.13. The summed E-state index contributed by atoms with van der Waals surface area (Å²) in [5, 5.41) is 3.01. The SMILES string of the molecule is Cc1cccc(NC(=O)C2CCCCCC2N)c1Br. The van der Waals surface area contributed by atoms with Crippen LogP contribution in [0.4, 0.5) is 5.69 Å². The van der Waals surface area contributed by atoms with Crippen LogP contribution in [-0.4, -0.2) is 11.9 Å². The van der Waals surface area contributed by atoms with Crippen LogP contribution in [0.15, 0.2) is 22.7 Å². The van der Waals surface area contributed by atoms with E-state index in [1.807, 2.05) is 25.1 Å². The molecule has 1 fully saturated rings. The Morgan fingerprint density at radius 1 is 1.32 bits per heavy atom. The van der Waals surface area contributed by atoms with Crippen LogP contribution in [0.2, 0.25) is 0 Å². The molecule has 1 saturated carbocycles. The molecule has 2 rings (SSSR count). The molecular weight excluding hydrogens is 304 g/mol. The van der Waals surface area contributed by atoms with Crippen molar-refractivity contribution in [1.82, 2.24) is 0 Å². The van der Waals surface area contributed by atoms with Gasteiger partial charge >= 0.3 is 0 Å². The van der Waals surface area contributed by atoms with Gasteiger partial charge in [0.25, 0.3) is 0 Å². The van der Waals surface area contributed by atoms with Crippen molar-refractivity contribution in [2.45, 2.75) is 45.1 Å². The summed E-state index contributed by atoms with van der Waals surface area (Å²) in [4.78, 5) is 12.4. The standard InChI is InChI=1S/C15H21BrN2O/c1-10-6-5-9-13(14(10)16)18-15(19)11-7-3-2-4-8-12(11)17/h5-6,9,11-12H,2-4,7-8,17H2,1H3,(H,18,19). The van der Waals surface area contributed by atoms with Crippen LogP contribution in [0.25, 0.3) is 0 Å². The maximum absolute atomic E-state index is 12.4. The van der Waals surface area contributed by atoms with Crippen molar-refractivity contribution in [3.8, 4) is 0 Å². The molecule has 4 heteroatoms. The molecular formula is C15H21BrN2O. The summed E-state index contributed by atoms with van der Waals surface area (Å²) >= 11 is 3.52. The summed E-state index contributed by atoms with van der Waals surface area (Å²) in [5.41, 5.74) is 8.08. The lowest BCUT2D eigenvalue weighted by Gasteiger charge is -2.21. The van der Waals surface area contributed by atoms with E-state index >= 15 is 0 Å². The first-order chi connectivity index (χ1) is 9.09. The van der Waals surface area contributed by atoms with E-state index in [0.29, 0.717) is 0 Å². The lowest BCUT2D eigenvalue weighted by atomic mass is 9.94. The summed E-state index contributed by atoms with van der Waals surface area (Å²) in [6.07, 6.45) is 5.27. The molecule has 0 radical (unpaired) electrons. The normalized spacial score (nSPS) is 23.7. The van der Waals surface area contributed by atoms with Gasteiger partial charge in [-0.15, -0.1) is 0 Å². The number of nitrogens with two attached hydrogens (primary N) is 1. The molecule has 1 aromatic rings. The Hall–Kier alpha value is -0.870. The number of carbonyl (C=O) groups is 1. The van der Waals surface area contributed by atoms with Crippen LogP contribution in [0, 0.1) is 12.8 Å². The summed E-state index contributed by atoms with van der Waals surface area (Å²) < 4.78 is 0.950. The monoisotopic (exact) mass is 324 g/mol. The van der Waals surface area contributed by atoms with Crippen molar-refractivity contribution in [2.24, 2.45) is 11.7 Å². The van der Waals surface area contributed by atoms with Gasteiger partial charge in [0.15, 0.2) is 0 Å². The minimum Gasteiger partial charge on any atom is -0.327 e. The van der Waals surface area contributed by atoms with Crippen LogP contribution >= 0.6 is 15.9 Å². The van der Waals surface area contributed by atoms with E-state index in [-0.39, 0.29) is 17.9 Å². The van der Waals surface area contributed by atoms with E-state index in [1.165, 1.54) is 6.42 Å². The van der Waals surface area contributed by atoms with Gasteiger partial charge in [-0.3, -0.25) is 4.79 Å². The van der Waals surface area contributed by atoms with E-state index in [4.69, 9.17) is 5.73 Å². The van der Waals surface area contributed by atoms with Crippen LogP contribution < -0.4 is 11.1 Å². The molecule has 1 aliphatic rings. The van der Waals surface area contributed by atoms with Gasteiger partial charge in [0.2, 0.25) is 5.91 Å². The van der Waals surface area contributed by atoms with Crippen molar-refractivity contribution >= 4 is 27.5 Å². The van der Waals surface area contributed by atoms with Gasteiger partial charge in [-0.1, -0.05) is 31.4 Å². The van der Waals surface area contributed by atoms with E-state index in [0.717, 1.165) is 41.4 Å². The Kier molecular flexibility index (Phi) is 4.99. The fraction of sp³-hybridized carbons (Fsp3) is 0.533. The van der Waals surface area contributed by atoms with Crippen molar-refractivity contribution in [3.05, 3.63) is 28.2 Å². The number of amides is 1. The molecule has 1 amide bonds. The van der Waals surface area contributed by atoms with E-state index in [9.17, 15) is 4.79 Å². The zero-order valence-corrected chi connectivity index (χ0v) is 12.9. The second-order valence-electron chi connectivity index (χ2n) is 5.33. The fourth-order valence-corrected chi connectivity index (χ4v) is 2.99. The van der Waals surface area contributed by atoms with Crippen molar-refractivity contribution < 1.29 is 4.79 Å². The number of carbonyl (C=O) groups excluding carboxylic acids is 1. The van der Waals surface area contributed by atoms with Crippen LogP contribution in [0.3, 0.4) is 0 Å². The highest BCUT2D eigenvalue weighted by atomic mass is 79.9. The Bertz CT molecular complexity index is 461. The van der Waals surface area contributed by atoms with Gasteiger partial charge in [0, 0.05) is 10.5 Å². The highest BCUT2D eigenvalue weighted by Crippen LogP contribution is 2.28. The molecule has 0 heterocycles. The lowest BCUT2D eigenvalue weighted by Crippen LogP contribution is -2.37. The number of halogens is 1. The molecule has 2 atom stereocenters. The first kappa shape index (κ1) is 14.5. The summed E-state index contributed by atoms with van der Waals surface area (Å²) in [7, 11) is 0. The topological polar surface area (TPSA) is 55.1 Å². The molecule has 0 aromatic heterocycles. The number of aryl methyl sites for hydroxylation is 1. The number of anilines is 1. The fourth-order valence-electron chi connectivity index (χ4n) is 2.63. The number of hydrogen-bond donors (Lipinski definition) is 2. The number of benzene rings is 1. The van der Waals surface area contributed by atoms with Crippen molar-refractivity contribution in [1.29, 1.82) is 0 Å². The Balaban J connectivity index is 2.09. The maximum atomic E-state index is 12.4. The van der Waals surface area contributed by atoms with E-state index in [1.54, 1.807) is 0 Å². The van der Waals surface area contributed by atoms with Gasteiger partial charge < -0.3 is 11.1 Å². The summed E-state index contributed by atoms with van der Waals surface area (Å²) in [5.74, 6) is -0.00406. The minimum atomic E-state index is -0.0603. The van der Waals surface area contributed by atoms with Gasteiger partial charge in [-0.05, 0) is 47.3 Å². The third kappa shape index (κ3) is 3.57. The highest BCUT2D eigenvalue weighted by Gasteiger charge is 2.27. The first-order valence-electron chi connectivity index (χ1n) is 6.91. The first-order valence-corrected chi connectivity index (χ1v) is 7.70. The van der Waals surface area contributed by atoms with Gasteiger partial charge in [0.05, 0.1) is 11.6 Å². The molecule has 0 saturated heterocycles. The molecule has 19 heavy (non-hydrogen) atoms. The Morgan fingerprint density at radius 3 is 2.84 bits per heavy atom. The molecule has 3 N–H and O–H groups in total.